The van der Waals surface area contributed by atoms with Crippen LogP contribution in [0.15, 0.2) is 67.0 Å². The maximum absolute atomic E-state index is 13.3. The van der Waals surface area contributed by atoms with Crippen LogP contribution in [0.2, 0.25) is 0 Å². The number of carbonyl (C=O) groups is 2. The Labute approximate surface area is 330 Å². The third-order valence-corrected chi connectivity index (χ3v) is 10.9. The quantitative estimate of drug-likeness (QED) is 0.0532. The summed E-state index contributed by atoms with van der Waals surface area (Å²) in [5.41, 5.74) is -0.490. The molecule has 2 aromatic rings. The van der Waals surface area contributed by atoms with E-state index in [1.807, 2.05) is 0 Å². The number of hydrogen-bond acceptors (Lipinski definition) is 19. The summed E-state index contributed by atoms with van der Waals surface area (Å²) in [7, 11) is 0. The number of epoxide rings is 1. The Morgan fingerprint density at radius 3 is 2.09 bits per heavy atom. The van der Waals surface area contributed by atoms with Gasteiger partial charge >= 0.3 is 11.9 Å². The highest BCUT2D eigenvalue weighted by Crippen LogP contribution is 2.61. The highest BCUT2D eigenvalue weighted by molar-refractivity contribution is 5.88. The molecule has 0 radical (unpaired) electrons. The Morgan fingerprint density at radius 1 is 0.741 bits per heavy atom. The number of phenolic OH excluding ortho intramolecular Hbond substituents is 3. The molecule has 58 heavy (non-hydrogen) atoms. The van der Waals surface area contributed by atoms with E-state index >= 15 is 0 Å². The zero-order valence-electron chi connectivity index (χ0n) is 30.7. The van der Waals surface area contributed by atoms with Crippen molar-refractivity contribution in [1.82, 2.24) is 0 Å². The number of esters is 2. The average molecular weight is 817 g/mol. The average Bonchev–Trinajstić information content (AvgIpc) is 3.89. The van der Waals surface area contributed by atoms with Gasteiger partial charge in [-0.2, -0.15) is 0 Å². The molecule has 2 aromatic carbocycles. The predicted octanol–water partition coefficient (Wildman–Crippen LogP) is -1.09. The molecule has 0 aromatic heterocycles. The largest absolute Gasteiger partial charge is 0.508 e. The minimum atomic E-state index is -1.76. The summed E-state index contributed by atoms with van der Waals surface area (Å²) in [5.74, 6) is -4.29. The first-order valence-electron chi connectivity index (χ1n) is 18.4. The van der Waals surface area contributed by atoms with Crippen LogP contribution in [0.25, 0.3) is 12.2 Å². The van der Waals surface area contributed by atoms with Gasteiger partial charge in [-0.3, -0.25) is 0 Å². The molecule has 16 atom stereocenters. The van der Waals surface area contributed by atoms with Gasteiger partial charge in [0.15, 0.2) is 36.3 Å². The topological polar surface area (TPSA) is 293 Å². The monoisotopic (exact) mass is 816 g/mol. The van der Waals surface area contributed by atoms with Gasteiger partial charge in [-0.15, -0.1) is 0 Å². The summed E-state index contributed by atoms with van der Waals surface area (Å²) in [6.45, 7) is 0.214. The van der Waals surface area contributed by atoms with Crippen LogP contribution in [0, 0.1) is 11.8 Å². The Balaban J connectivity index is 1.14. The van der Waals surface area contributed by atoms with Crippen molar-refractivity contribution in [1.29, 1.82) is 0 Å². The predicted molar refractivity (Wildman–Crippen MR) is 191 cm³/mol. The van der Waals surface area contributed by atoms with Gasteiger partial charge in [0.2, 0.25) is 6.29 Å². The molecule has 3 saturated heterocycles. The molecule has 16 unspecified atom stereocenters. The van der Waals surface area contributed by atoms with E-state index in [1.165, 1.54) is 55.7 Å². The van der Waals surface area contributed by atoms with E-state index in [9.17, 15) is 55.5 Å². The molecule has 1 aliphatic carbocycles. The summed E-state index contributed by atoms with van der Waals surface area (Å²) in [4.78, 5) is 26.5. The summed E-state index contributed by atoms with van der Waals surface area (Å²) in [5, 5.41) is 91.9. The van der Waals surface area contributed by atoms with Gasteiger partial charge in [-0.05, 0) is 60.5 Å². The summed E-state index contributed by atoms with van der Waals surface area (Å²) < 4.78 is 47.2. The number of phenols is 3. The van der Waals surface area contributed by atoms with E-state index in [0.717, 1.165) is 12.2 Å². The molecular weight excluding hydrogens is 772 g/mol. The first kappa shape index (κ1) is 41.5. The third-order valence-electron chi connectivity index (χ3n) is 10.9. The fourth-order valence-electron chi connectivity index (χ4n) is 7.72. The standard InChI is InChI=1S/C39H44O19/c1-17-28(47)33(54-25(45)10-5-18-2-7-20(42)8-3-18)34(55-26(46)11-6-19-4-9-22(43)23(44)14-19)38(52-17)56-32-21-12-13-51-36(27(21)39(16-41)35(32)58-39)57-37-31(50)30(49)29(48)24(15-40)53-37/h2-14,17,21,24,27-38,40-44,47-50H,15-16H2,1H3. The zero-order valence-corrected chi connectivity index (χ0v) is 30.7. The summed E-state index contributed by atoms with van der Waals surface area (Å²) >= 11 is 0. The fourth-order valence-corrected chi connectivity index (χ4v) is 7.72. The normalized spacial score (nSPS) is 39.2. The summed E-state index contributed by atoms with van der Waals surface area (Å²) in [6, 6.07) is 9.75. The maximum Gasteiger partial charge on any atom is 0.331 e. The number of aliphatic hydroxyl groups is 6. The maximum atomic E-state index is 13.3. The van der Waals surface area contributed by atoms with Crippen molar-refractivity contribution in [2.45, 2.75) is 92.4 Å². The van der Waals surface area contributed by atoms with E-state index in [-0.39, 0.29) is 11.5 Å². The first-order chi connectivity index (χ1) is 27.7. The molecule has 0 spiro atoms. The molecular formula is C39H44O19. The van der Waals surface area contributed by atoms with Gasteiger partial charge in [-0.1, -0.05) is 18.2 Å². The van der Waals surface area contributed by atoms with Crippen molar-refractivity contribution in [3.05, 3.63) is 78.1 Å². The lowest BCUT2D eigenvalue weighted by atomic mass is 9.85. The number of benzene rings is 2. The molecule has 5 aliphatic rings. The van der Waals surface area contributed by atoms with Gasteiger partial charge in [-0.25, -0.2) is 9.59 Å². The van der Waals surface area contributed by atoms with Crippen LogP contribution >= 0.6 is 0 Å². The lowest BCUT2D eigenvalue weighted by molar-refractivity contribution is -0.347. The summed E-state index contributed by atoms with van der Waals surface area (Å²) in [6.07, 6.45) is -10.9. The molecule has 4 aliphatic heterocycles. The number of rotatable bonds is 12. The van der Waals surface area contributed by atoms with Crippen LogP contribution in [-0.4, -0.2) is 157 Å². The van der Waals surface area contributed by atoms with Gasteiger partial charge in [0, 0.05) is 18.1 Å². The van der Waals surface area contributed by atoms with Gasteiger partial charge in [0.25, 0.3) is 0 Å². The minimum absolute atomic E-state index is 0.0144. The van der Waals surface area contributed by atoms with E-state index in [1.54, 1.807) is 18.2 Å². The van der Waals surface area contributed by atoms with Crippen LogP contribution < -0.4 is 0 Å². The highest BCUT2D eigenvalue weighted by Gasteiger charge is 2.77. The number of aliphatic hydroxyl groups excluding tert-OH is 6. The Kier molecular flexibility index (Phi) is 12.1. The van der Waals surface area contributed by atoms with Crippen molar-refractivity contribution in [2.24, 2.45) is 11.8 Å². The molecule has 0 amide bonds. The van der Waals surface area contributed by atoms with E-state index in [4.69, 9.17) is 37.9 Å². The van der Waals surface area contributed by atoms with Crippen LogP contribution in [-0.2, 0) is 47.5 Å². The van der Waals surface area contributed by atoms with Crippen LogP contribution in [0.5, 0.6) is 17.2 Å². The van der Waals surface area contributed by atoms with E-state index < -0.39 is 128 Å². The fraction of sp³-hybridized carbons (Fsp3) is 0.487. The van der Waals surface area contributed by atoms with Gasteiger partial charge in [0.1, 0.15) is 48.0 Å². The molecule has 4 fully saturated rings. The second-order valence-electron chi connectivity index (χ2n) is 14.5. The minimum Gasteiger partial charge on any atom is -0.508 e. The van der Waals surface area contributed by atoms with Gasteiger partial charge < -0.3 is 83.9 Å². The Morgan fingerprint density at radius 2 is 1.41 bits per heavy atom. The lowest BCUT2D eigenvalue weighted by Crippen LogP contribution is -2.61. The highest BCUT2D eigenvalue weighted by atomic mass is 16.8. The molecule has 0 bridgehead atoms. The van der Waals surface area contributed by atoms with Crippen molar-refractivity contribution in [2.75, 3.05) is 13.2 Å². The third kappa shape index (κ3) is 8.16. The van der Waals surface area contributed by atoms with E-state index in [0.29, 0.717) is 11.1 Å². The number of hydrogen-bond donors (Lipinski definition) is 9. The second kappa shape index (κ2) is 16.9. The smallest absolute Gasteiger partial charge is 0.331 e. The van der Waals surface area contributed by atoms with Crippen LogP contribution in [0.3, 0.4) is 0 Å². The molecule has 4 heterocycles. The number of ether oxygens (including phenoxy) is 8. The Hall–Kier alpha value is -4.64. The van der Waals surface area contributed by atoms with Crippen molar-refractivity contribution < 1.29 is 93.4 Å². The van der Waals surface area contributed by atoms with Crippen molar-refractivity contribution >= 4 is 24.1 Å². The van der Waals surface area contributed by atoms with Crippen LogP contribution in [0.4, 0.5) is 0 Å². The molecule has 7 rings (SSSR count). The molecule has 9 N–H and O–H groups in total. The van der Waals surface area contributed by atoms with Gasteiger partial charge in [0.05, 0.1) is 37.6 Å². The lowest BCUT2D eigenvalue weighted by Gasteiger charge is -2.44. The van der Waals surface area contributed by atoms with E-state index in [2.05, 4.69) is 0 Å². The molecule has 19 heteroatoms. The second-order valence-corrected chi connectivity index (χ2v) is 14.5. The SMILES string of the molecule is CC1OC(OC2C3C=COC(OC4OC(CO)C(O)C(O)C4O)C3C3(CO)OC23)C(OC(=O)C=Cc2ccc(O)c(O)c2)C(OC(=O)C=Cc2ccc(O)cc2)C1O. The number of fused-ring (bicyclic) bond motifs is 3. The van der Waals surface area contributed by atoms with Crippen molar-refractivity contribution in [3.8, 4) is 17.2 Å². The number of aromatic hydroxyl groups is 3. The molecule has 1 saturated carbocycles. The van der Waals surface area contributed by atoms with Crippen LogP contribution in [0.1, 0.15) is 18.1 Å². The molecule has 19 nitrogen and oxygen atoms in total. The molecule has 314 valence electrons. The Bertz CT molecular complexity index is 1880. The first-order valence-corrected chi connectivity index (χ1v) is 18.4. The van der Waals surface area contributed by atoms with Crippen molar-refractivity contribution in [3.63, 3.8) is 0 Å². The zero-order chi connectivity index (χ0) is 41.5. The number of carbonyl (C=O) groups excluding carboxylic acids is 2.